The van der Waals surface area contributed by atoms with Crippen LogP contribution in [0.4, 0.5) is 36.1 Å². The first kappa shape index (κ1) is 26.6. The number of nitrogens with zero attached hydrogens (tertiary/aromatic N) is 6. The third kappa shape index (κ3) is 5.86. The molecule has 1 aliphatic rings. The topological polar surface area (TPSA) is 99.2 Å². The zero-order valence-corrected chi connectivity index (χ0v) is 21.8. The van der Waals surface area contributed by atoms with Gasteiger partial charge in [0, 0.05) is 48.8 Å². The van der Waals surface area contributed by atoms with E-state index in [0.717, 1.165) is 30.8 Å². The molecule has 0 spiro atoms. The number of halogens is 4. The Morgan fingerprint density at radius 2 is 1.67 bits per heavy atom. The van der Waals surface area contributed by atoms with Crippen molar-refractivity contribution in [1.29, 1.82) is 0 Å². The third-order valence-electron chi connectivity index (χ3n) is 6.50. The van der Waals surface area contributed by atoms with Gasteiger partial charge in [0.05, 0.1) is 5.56 Å². The van der Waals surface area contributed by atoms with Crippen molar-refractivity contribution in [3.05, 3.63) is 70.9 Å². The van der Waals surface area contributed by atoms with Crippen molar-refractivity contribution in [3.8, 4) is 0 Å². The predicted molar refractivity (Wildman–Crippen MR) is 144 cm³/mol. The molecule has 2 aromatic heterocycles. The lowest BCUT2D eigenvalue weighted by Crippen LogP contribution is -2.44. The molecule has 39 heavy (non-hydrogen) atoms. The summed E-state index contributed by atoms with van der Waals surface area (Å²) in [4.78, 5) is 33.6. The van der Waals surface area contributed by atoms with Crippen molar-refractivity contribution >= 4 is 51.4 Å². The number of nitrogens with one attached hydrogen (secondary N) is 2. The number of amides is 1. The second-order valence-electron chi connectivity index (χ2n) is 9.25. The molecule has 9 nitrogen and oxygen atoms in total. The molecule has 0 saturated carbocycles. The zero-order valence-electron chi connectivity index (χ0n) is 21.1. The van der Waals surface area contributed by atoms with Gasteiger partial charge in [0.2, 0.25) is 0 Å². The van der Waals surface area contributed by atoms with Gasteiger partial charge in [0.25, 0.3) is 5.91 Å². The quantitative estimate of drug-likeness (QED) is 0.326. The minimum atomic E-state index is -4.56. The molecule has 2 aromatic carbocycles. The fourth-order valence-corrected chi connectivity index (χ4v) is 4.45. The predicted octanol–water partition coefficient (Wildman–Crippen LogP) is 5.15. The van der Waals surface area contributed by atoms with E-state index in [1.54, 1.807) is 24.3 Å². The number of fused-ring (bicyclic) bond motifs is 1. The molecular formula is C26H24ClF3N8O. The maximum atomic E-state index is 13.7. The van der Waals surface area contributed by atoms with Gasteiger partial charge in [-0.1, -0.05) is 17.7 Å². The van der Waals surface area contributed by atoms with Crippen LogP contribution in [0, 0.1) is 6.92 Å². The number of benzene rings is 2. The molecule has 0 aliphatic carbocycles. The monoisotopic (exact) mass is 556 g/mol. The molecular weight excluding hydrogens is 533 g/mol. The van der Waals surface area contributed by atoms with Crippen molar-refractivity contribution < 1.29 is 18.0 Å². The lowest BCUT2D eigenvalue weighted by Gasteiger charge is -2.34. The summed E-state index contributed by atoms with van der Waals surface area (Å²) in [5, 5.41) is 5.96. The Labute approximate surface area is 227 Å². The first-order chi connectivity index (χ1) is 18.6. The van der Waals surface area contributed by atoms with Crippen LogP contribution >= 0.6 is 11.6 Å². The van der Waals surface area contributed by atoms with E-state index in [1.807, 2.05) is 18.9 Å². The Kier molecular flexibility index (Phi) is 7.23. The molecule has 0 radical (unpaired) electrons. The molecule has 4 aromatic rings. The summed E-state index contributed by atoms with van der Waals surface area (Å²) in [7, 11) is 1.97. The summed E-state index contributed by atoms with van der Waals surface area (Å²) in [5.41, 5.74) is 2.01. The van der Waals surface area contributed by atoms with Gasteiger partial charge in [-0.15, -0.1) is 0 Å². The highest BCUT2D eigenvalue weighted by Crippen LogP contribution is 2.35. The molecule has 1 aliphatic heterocycles. The van der Waals surface area contributed by atoms with Crippen LogP contribution in [0.25, 0.3) is 11.0 Å². The summed E-state index contributed by atoms with van der Waals surface area (Å²) in [6.07, 6.45) is -1.95. The Hall–Kier alpha value is -4.03. The van der Waals surface area contributed by atoms with E-state index < -0.39 is 17.6 Å². The van der Waals surface area contributed by atoms with Crippen molar-refractivity contribution in [2.75, 3.05) is 48.8 Å². The number of carbonyl (C=O) groups excluding carboxylic acids is 1. The molecule has 2 N–H and O–H groups in total. The Balaban J connectivity index is 1.42. The van der Waals surface area contributed by atoms with Crippen molar-refractivity contribution in [2.45, 2.75) is 13.1 Å². The minimum Gasteiger partial charge on any atom is -0.369 e. The van der Waals surface area contributed by atoms with E-state index in [1.165, 1.54) is 12.7 Å². The van der Waals surface area contributed by atoms with Crippen LogP contribution in [0.3, 0.4) is 0 Å². The van der Waals surface area contributed by atoms with Crippen LogP contribution in [-0.2, 0) is 6.18 Å². The van der Waals surface area contributed by atoms with Gasteiger partial charge in [0.15, 0.2) is 11.0 Å². The van der Waals surface area contributed by atoms with Gasteiger partial charge >= 0.3 is 6.18 Å². The summed E-state index contributed by atoms with van der Waals surface area (Å²) >= 11 is 6.12. The van der Waals surface area contributed by atoms with Gasteiger partial charge in [0.1, 0.15) is 23.7 Å². The molecule has 1 amide bonds. The lowest BCUT2D eigenvalue weighted by molar-refractivity contribution is -0.137. The largest absolute Gasteiger partial charge is 0.416 e. The smallest absolute Gasteiger partial charge is 0.369 e. The van der Waals surface area contributed by atoms with E-state index in [2.05, 4.69) is 35.5 Å². The van der Waals surface area contributed by atoms with Gasteiger partial charge in [-0.05, 0) is 49.9 Å². The molecule has 202 valence electrons. The van der Waals surface area contributed by atoms with Gasteiger partial charge < -0.3 is 20.4 Å². The van der Waals surface area contributed by atoms with Crippen molar-refractivity contribution in [2.24, 2.45) is 0 Å². The van der Waals surface area contributed by atoms with Crippen LogP contribution in [-0.4, -0.2) is 64.0 Å². The summed E-state index contributed by atoms with van der Waals surface area (Å²) in [5.74, 6) is -0.195. The Morgan fingerprint density at radius 1 is 0.949 bits per heavy atom. The molecule has 1 fully saturated rings. The van der Waals surface area contributed by atoms with Crippen LogP contribution in [0.2, 0.25) is 5.15 Å². The van der Waals surface area contributed by atoms with E-state index in [4.69, 9.17) is 11.6 Å². The molecule has 5 rings (SSSR count). The summed E-state index contributed by atoms with van der Waals surface area (Å²) < 4.78 is 41.1. The van der Waals surface area contributed by atoms with Crippen LogP contribution in [0.1, 0.15) is 21.5 Å². The molecule has 0 atom stereocenters. The van der Waals surface area contributed by atoms with Crippen LogP contribution in [0.5, 0.6) is 0 Å². The second-order valence-corrected chi connectivity index (χ2v) is 9.61. The highest BCUT2D eigenvalue weighted by Gasteiger charge is 2.32. The summed E-state index contributed by atoms with van der Waals surface area (Å²) in [6, 6.07) is 8.56. The minimum absolute atomic E-state index is 0.0620. The average Bonchev–Trinajstić information content (AvgIpc) is 2.90. The lowest BCUT2D eigenvalue weighted by atomic mass is 10.1. The van der Waals surface area contributed by atoms with E-state index >= 15 is 0 Å². The number of anilines is 4. The number of aromatic nitrogens is 4. The number of carbonyl (C=O) groups is 1. The maximum absolute atomic E-state index is 13.7. The average molecular weight is 557 g/mol. The summed E-state index contributed by atoms with van der Waals surface area (Å²) in [6.45, 7) is 4.48. The zero-order chi connectivity index (χ0) is 27.7. The van der Waals surface area contributed by atoms with Crippen molar-refractivity contribution in [3.63, 3.8) is 0 Å². The number of hydrogen-bond donors (Lipinski definition) is 2. The Morgan fingerprint density at radius 3 is 2.41 bits per heavy atom. The molecule has 13 heteroatoms. The van der Waals surface area contributed by atoms with E-state index in [9.17, 15) is 18.0 Å². The number of rotatable bonds is 5. The third-order valence-corrected chi connectivity index (χ3v) is 6.78. The number of piperazine rings is 1. The number of aryl methyl sites for hydroxylation is 1. The first-order valence-corrected chi connectivity index (χ1v) is 12.4. The Bertz CT molecular complexity index is 1540. The SMILES string of the molecule is Cc1ccc(C(=O)Nc2cc(N3CCN(C)CC3)cc(C(F)(F)F)c2)cc1Nc1ncnc2c(Cl)ncnc12. The van der Waals surface area contributed by atoms with E-state index in [0.29, 0.717) is 41.3 Å². The standard InChI is InChI=1S/C26H24ClF3N8O/c1-15-3-4-16(9-20(15)36-24-22-21(31-14-34-24)23(27)33-13-32-22)25(39)35-18-10-17(26(28,29)30)11-19(12-18)38-7-5-37(2)6-8-38/h3-4,9-14H,5-8H2,1-2H3,(H,35,39)(H,31,34,36). The fraction of sp³-hybridized carbons (Fsp3) is 0.269. The van der Waals surface area contributed by atoms with Crippen LogP contribution in [0.15, 0.2) is 49.1 Å². The highest BCUT2D eigenvalue weighted by molar-refractivity contribution is 6.33. The maximum Gasteiger partial charge on any atom is 0.416 e. The number of hydrogen-bond acceptors (Lipinski definition) is 8. The first-order valence-electron chi connectivity index (χ1n) is 12.0. The van der Waals surface area contributed by atoms with Gasteiger partial charge in [-0.2, -0.15) is 13.2 Å². The van der Waals surface area contributed by atoms with Gasteiger partial charge in [-0.25, -0.2) is 19.9 Å². The van der Waals surface area contributed by atoms with Crippen molar-refractivity contribution in [1.82, 2.24) is 24.8 Å². The molecule has 3 heterocycles. The van der Waals surface area contributed by atoms with Crippen LogP contribution < -0.4 is 15.5 Å². The fourth-order valence-electron chi connectivity index (χ4n) is 4.26. The van der Waals surface area contributed by atoms with Gasteiger partial charge in [-0.3, -0.25) is 4.79 Å². The second kappa shape index (κ2) is 10.6. The van der Waals surface area contributed by atoms with E-state index in [-0.39, 0.29) is 16.4 Å². The normalized spacial score (nSPS) is 14.5. The molecule has 0 bridgehead atoms. The highest BCUT2D eigenvalue weighted by atomic mass is 35.5. The molecule has 1 saturated heterocycles. The molecule has 0 unspecified atom stereocenters. The number of alkyl halides is 3. The number of likely N-dealkylation sites (N-methyl/N-ethyl adjacent to an activating group) is 1.